The van der Waals surface area contributed by atoms with Gasteiger partial charge < -0.3 is 10.1 Å². The molecule has 0 spiro atoms. The first kappa shape index (κ1) is 17.1. The van der Waals surface area contributed by atoms with Gasteiger partial charge in [-0.1, -0.05) is 37.1 Å². The second-order valence-corrected chi connectivity index (χ2v) is 6.33. The molecule has 130 valence electrons. The van der Waals surface area contributed by atoms with Gasteiger partial charge in [0, 0.05) is 17.5 Å². The van der Waals surface area contributed by atoms with E-state index in [0.717, 1.165) is 36.6 Å². The van der Waals surface area contributed by atoms with E-state index in [0.29, 0.717) is 5.69 Å². The van der Waals surface area contributed by atoms with E-state index >= 15 is 0 Å². The van der Waals surface area contributed by atoms with Crippen molar-refractivity contribution in [1.82, 2.24) is 10.3 Å². The average molecular weight is 338 g/mol. The van der Waals surface area contributed by atoms with Crippen LogP contribution in [-0.2, 0) is 14.3 Å². The lowest BCUT2D eigenvalue weighted by atomic mass is 10.2. The van der Waals surface area contributed by atoms with Crippen LogP contribution < -0.4 is 5.32 Å². The van der Waals surface area contributed by atoms with Gasteiger partial charge in [-0.15, -0.1) is 0 Å². The van der Waals surface area contributed by atoms with E-state index in [-0.39, 0.29) is 11.9 Å². The van der Waals surface area contributed by atoms with E-state index in [4.69, 9.17) is 4.74 Å². The molecule has 1 unspecified atom stereocenters. The number of hydrogen-bond donors (Lipinski definition) is 1. The summed E-state index contributed by atoms with van der Waals surface area (Å²) in [6.07, 6.45) is 6.37. The third-order valence-electron chi connectivity index (χ3n) is 4.37. The van der Waals surface area contributed by atoms with Crippen molar-refractivity contribution >= 4 is 28.9 Å². The maximum Gasteiger partial charge on any atom is 0.331 e. The number of pyridine rings is 1. The van der Waals surface area contributed by atoms with Crippen molar-refractivity contribution in [2.45, 2.75) is 44.8 Å². The highest BCUT2D eigenvalue weighted by molar-refractivity contribution is 5.90. The lowest BCUT2D eigenvalue weighted by molar-refractivity contribution is -0.150. The minimum atomic E-state index is -0.803. The SMILES string of the molecule is CC(OC(=O)/C=C/c1ccc2ccccc2n1)C(=O)NC1CCCC1. The number of carbonyl (C=O) groups is 2. The number of esters is 1. The summed E-state index contributed by atoms with van der Waals surface area (Å²) in [6, 6.07) is 11.8. The molecular weight excluding hydrogens is 316 g/mol. The third-order valence-corrected chi connectivity index (χ3v) is 4.37. The number of para-hydroxylation sites is 1. The molecule has 1 heterocycles. The zero-order valence-corrected chi connectivity index (χ0v) is 14.3. The van der Waals surface area contributed by atoms with Crippen LogP contribution in [0.4, 0.5) is 0 Å². The third kappa shape index (κ3) is 4.66. The van der Waals surface area contributed by atoms with Gasteiger partial charge in [-0.05, 0) is 38.0 Å². The average Bonchev–Trinajstić information content (AvgIpc) is 3.12. The highest BCUT2D eigenvalue weighted by Gasteiger charge is 2.22. The Kier molecular flexibility index (Phi) is 5.43. The van der Waals surface area contributed by atoms with Crippen LogP contribution in [-0.4, -0.2) is 29.0 Å². The van der Waals surface area contributed by atoms with Crippen molar-refractivity contribution in [3.63, 3.8) is 0 Å². The van der Waals surface area contributed by atoms with Gasteiger partial charge in [0.15, 0.2) is 6.10 Å². The normalized spacial score (nSPS) is 16.2. The van der Waals surface area contributed by atoms with E-state index in [1.165, 1.54) is 6.08 Å². The Labute approximate surface area is 147 Å². The van der Waals surface area contributed by atoms with Gasteiger partial charge in [-0.3, -0.25) is 4.79 Å². The fourth-order valence-corrected chi connectivity index (χ4v) is 2.98. The number of nitrogens with one attached hydrogen (secondary N) is 1. The fourth-order valence-electron chi connectivity index (χ4n) is 2.98. The molecule has 1 saturated carbocycles. The standard InChI is InChI=1S/C20H22N2O3/c1-14(20(24)22-16-7-3-4-8-16)25-19(23)13-12-17-11-10-15-6-2-5-9-18(15)21-17/h2,5-6,9-14,16H,3-4,7-8H2,1H3,(H,22,24)/b13-12+. The smallest absolute Gasteiger partial charge is 0.331 e. The number of aromatic nitrogens is 1. The van der Waals surface area contributed by atoms with Gasteiger partial charge in [-0.25, -0.2) is 9.78 Å². The molecule has 1 atom stereocenters. The molecule has 5 heteroatoms. The summed E-state index contributed by atoms with van der Waals surface area (Å²) >= 11 is 0. The highest BCUT2D eigenvalue weighted by Crippen LogP contribution is 2.18. The molecule has 0 radical (unpaired) electrons. The maximum atomic E-state index is 12.0. The van der Waals surface area contributed by atoms with Crippen molar-refractivity contribution in [3.05, 3.63) is 48.2 Å². The summed E-state index contributed by atoms with van der Waals surface area (Å²) in [4.78, 5) is 28.4. The van der Waals surface area contributed by atoms with Crippen molar-refractivity contribution in [3.8, 4) is 0 Å². The van der Waals surface area contributed by atoms with Crippen LogP contribution in [0.2, 0.25) is 0 Å². The Morgan fingerprint density at radius 2 is 1.96 bits per heavy atom. The summed E-state index contributed by atoms with van der Waals surface area (Å²) in [5, 5.41) is 3.97. The molecule has 1 amide bonds. The summed E-state index contributed by atoms with van der Waals surface area (Å²) in [5.41, 5.74) is 1.53. The number of carbonyl (C=O) groups excluding carboxylic acids is 2. The predicted molar refractivity (Wildman–Crippen MR) is 96.7 cm³/mol. The lowest BCUT2D eigenvalue weighted by Gasteiger charge is -2.16. The predicted octanol–water partition coefficient (Wildman–Crippen LogP) is 3.24. The van der Waals surface area contributed by atoms with Gasteiger partial charge in [0.2, 0.25) is 0 Å². The number of ether oxygens (including phenoxy) is 1. The van der Waals surface area contributed by atoms with Crippen LogP contribution in [0.15, 0.2) is 42.5 Å². The molecule has 1 aromatic carbocycles. The first-order valence-corrected chi connectivity index (χ1v) is 8.67. The van der Waals surface area contributed by atoms with Crippen molar-refractivity contribution < 1.29 is 14.3 Å². The van der Waals surface area contributed by atoms with E-state index in [1.807, 2.05) is 36.4 Å². The van der Waals surface area contributed by atoms with Gasteiger partial charge in [0.1, 0.15) is 0 Å². The largest absolute Gasteiger partial charge is 0.449 e. The summed E-state index contributed by atoms with van der Waals surface area (Å²) in [7, 11) is 0. The van der Waals surface area contributed by atoms with E-state index in [1.54, 1.807) is 13.0 Å². The molecule has 3 rings (SSSR count). The lowest BCUT2D eigenvalue weighted by Crippen LogP contribution is -2.40. The van der Waals surface area contributed by atoms with Gasteiger partial charge in [0.25, 0.3) is 5.91 Å². The quantitative estimate of drug-likeness (QED) is 0.671. The second-order valence-electron chi connectivity index (χ2n) is 6.33. The minimum Gasteiger partial charge on any atom is -0.449 e. The molecule has 5 nitrogen and oxygen atoms in total. The molecule has 0 aliphatic heterocycles. The minimum absolute atomic E-state index is 0.214. The van der Waals surface area contributed by atoms with Gasteiger partial charge in [0.05, 0.1) is 11.2 Å². The molecule has 0 saturated heterocycles. The summed E-state index contributed by atoms with van der Waals surface area (Å²) in [5.74, 6) is -0.790. The first-order chi connectivity index (χ1) is 12.1. The molecular formula is C20H22N2O3. The van der Waals surface area contributed by atoms with E-state index in [2.05, 4.69) is 10.3 Å². The Bertz CT molecular complexity index is 794. The zero-order valence-electron chi connectivity index (χ0n) is 14.3. The second kappa shape index (κ2) is 7.92. The van der Waals surface area contributed by atoms with Gasteiger partial charge in [-0.2, -0.15) is 0 Å². The number of rotatable bonds is 5. The molecule has 1 fully saturated rings. The van der Waals surface area contributed by atoms with Crippen LogP contribution in [0.1, 0.15) is 38.3 Å². The van der Waals surface area contributed by atoms with Crippen LogP contribution in [0.3, 0.4) is 0 Å². The molecule has 0 bridgehead atoms. The maximum absolute atomic E-state index is 12.0. The molecule has 2 aromatic rings. The van der Waals surface area contributed by atoms with E-state index in [9.17, 15) is 9.59 Å². The molecule has 1 aliphatic rings. The molecule has 1 aliphatic carbocycles. The Hall–Kier alpha value is -2.69. The van der Waals surface area contributed by atoms with Crippen LogP contribution in [0.5, 0.6) is 0 Å². The Morgan fingerprint density at radius 1 is 1.20 bits per heavy atom. The van der Waals surface area contributed by atoms with Crippen LogP contribution >= 0.6 is 0 Å². The monoisotopic (exact) mass is 338 g/mol. The van der Waals surface area contributed by atoms with Crippen molar-refractivity contribution in [2.75, 3.05) is 0 Å². The molecule has 25 heavy (non-hydrogen) atoms. The highest BCUT2D eigenvalue weighted by atomic mass is 16.5. The number of hydrogen-bond acceptors (Lipinski definition) is 4. The summed E-state index contributed by atoms with van der Waals surface area (Å²) < 4.78 is 5.17. The molecule has 1 aromatic heterocycles. The number of nitrogens with zero attached hydrogens (tertiary/aromatic N) is 1. The van der Waals surface area contributed by atoms with Gasteiger partial charge >= 0.3 is 5.97 Å². The van der Waals surface area contributed by atoms with Crippen LogP contribution in [0.25, 0.3) is 17.0 Å². The first-order valence-electron chi connectivity index (χ1n) is 8.67. The number of amides is 1. The molecule has 1 N–H and O–H groups in total. The number of fused-ring (bicyclic) bond motifs is 1. The van der Waals surface area contributed by atoms with Crippen LogP contribution in [0, 0.1) is 0 Å². The Morgan fingerprint density at radius 3 is 2.76 bits per heavy atom. The fraction of sp³-hybridized carbons (Fsp3) is 0.350. The Balaban J connectivity index is 1.55. The topological polar surface area (TPSA) is 68.3 Å². The number of benzene rings is 1. The van der Waals surface area contributed by atoms with E-state index < -0.39 is 12.1 Å². The summed E-state index contributed by atoms with van der Waals surface area (Å²) in [6.45, 7) is 1.59. The van der Waals surface area contributed by atoms with Crippen molar-refractivity contribution in [1.29, 1.82) is 0 Å². The van der Waals surface area contributed by atoms with Crippen molar-refractivity contribution in [2.24, 2.45) is 0 Å². The zero-order chi connectivity index (χ0) is 17.6.